The molecule has 5 heteroatoms. The monoisotopic (exact) mass is 336 g/mol. The molecule has 0 radical (unpaired) electrons. The molecule has 1 atom stereocenters. The molecule has 0 saturated heterocycles. The average molecular weight is 337 g/mol. The maximum Gasteiger partial charge on any atom is 0.349 e. The Labute approximate surface area is 125 Å². The van der Waals surface area contributed by atoms with Crippen molar-refractivity contribution >= 4 is 21.9 Å². The Bertz CT molecular complexity index is 595. The van der Waals surface area contributed by atoms with E-state index in [4.69, 9.17) is 9.47 Å². The van der Waals surface area contributed by atoms with E-state index >= 15 is 0 Å². The molecule has 2 aromatic carbocycles. The van der Waals surface area contributed by atoms with Crippen molar-refractivity contribution in [3.05, 3.63) is 58.6 Å². The first kappa shape index (κ1) is 14.4. The number of carboxylic acids is 1. The van der Waals surface area contributed by atoms with Gasteiger partial charge in [-0.1, -0.05) is 24.3 Å². The molecule has 0 saturated carbocycles. The number of ether oxygens (including phenoxy) is 2. The molecule has 1 unspecified atom stereocenters. The second kappa shape index (κ2) is 6.43. The molecule has 2 rings (SSSR count). The Morgan fingerprint density at radius 1 is 1.15 bits per heavy atom. The number of aliphatic carboxylic acids is 1. The number of para-hydroxylation sites is 1. The third kappa shape index (κ3) is 3.30. The largest absolute Gasteiger partial charge is 0.497 e. The van der Waals surface area contributed by atoms with Crippen molar-refractivity contribution in [2.24, 2.45) is 0 Å². The van der Waals surface area contributed by atoms with Gasteiger partial charge in [-0.3, -0.25) is 0 Å². The maximum absolute atomic E-state index is 11.4. The first-order chi connectivity index (χ1) is 9.61. The highest BCUT2D eigenvalue weighted by Gasteiger charge is 2.22. The lowest BCUT2D eigenvalue weighted by molar-refractivity contribution is -0.145. The van der Waals surface area contributed by atoms with Crippen LogP contribution in [0.5, 0.6) is 11.5 Å². The SMILES string of the molecule is COc1ccc(C(Oc2ccccc2Br)C(=O)O)cc1. The van der Waals surface area contributed by atoms with Crippen LogP contribution in [-0.2, 0) is 4.79 Å². The van der Waals surface area contributed by atoms with Gasteiger partial charge in [0.25, 0.3) is 0 Å². The molecule has 20 heavy (non-hydrogen) atoms. The van der Waals surface area contributed by atoms with E-state index in [2.05, 4.69) is 15.9 Å². The van der Waals surface area contributed by atoms with E-state index in [-0.39, 0.29) is 0 Å². The number of benzene rings is 2. The normalized spacial score (nSPS) is 11.7. The van der Waals surface area contributed by atoms with Crippen molar-refractivity contribution in [2.75, 3.05) is 7.11 Å². The van der Waals surface area contributed by atoms with Crippen LogP contribution in [-0.4, -0.2) is 18.2 Å². The summed E-state index contributed by atoms with van der Waals surface area (Å²) in [4.78, 5) is 11.4. The Morgan fingerprint density at radius 3 is 2.35 bits per heavy atom. The van der Waals surface area contributed by atoms with Crippen LogP contribution in [0.4, 0.5) is 0 Å². The molecule has 0 aromatic heterocycles. The fourth-order valence-electron chi connectivity index (χ4n) is 1.71. The van der Waals surface area contributed by atoms with Crippen LogP contribution in [0, 0.1) is 0 Å². The number of hydrogen-bond acceptors (Lipinski definition) is 3. The molecule has 1 N–H and O–H groups in total. The van der Waals surface area contributed by atoms with Gasteiger partial charge >= 0.3 is 5.97 Å². The highest BCUT2D eigenvalue weighted by molar-refractivity contribution is 9.10. The molecule has 0 aliphatic rings. The van der Waals surface area contributed by atoms with E-state index in [1.165, 1.54) is 0 Å². The minimum atomic E-state index is -1.07. The zero-order valence-electron chi connectivity index (χ0n) is 10.7. The number of halogens is 1. The molecule has 0 fully saturated rings. The zero-order chi connectivity index (χ0) is 14.5. The van der Waals surface area contributed by atoms with Gasteiger partial charge in [-0.15, -0.1) is 0 Å². The van der Waals surface area contributed by atoms with E-state index in [0.29, 0.717) is 21.5 Å². The topological polar surface area (TPSA) is 55.8 Å². The molecule has 104 valence electrons. The van der Waals surface area contributed by atoms with Crippen LogP contribution in [0.25, 0.3) is 0 Å². The summed E-state index contributed by atoms with van der Waals surface area (Å²) in [6.07, 6.45) is -1.07. The molecule has 0 spiro atoms. The standard InChI is InChI=1S/C15H13BrO4/c1-19-11-8-6-10(7-9-11)14(15(17)18)20-13-5-3-2-4-12(13)16/h2-9,14H,1H3,(H,17,18). The second-order valence-corrected chi connectivity index (χ2v) is 4.89. The highest BCUT2D eigenvalue weighted by atomic mass is 79.9. The summed E-state index contributed by atoms with van der Waals surface area (Å²) in [5.41, 5.74) is 0.550. The van der Waals surface area contributed by atoms with Crippen LogP contribution < -0.4 is 9.47 Å². The fraction of sp³-hybridized carbons (Fsp3) is 0.133. The Balaban J connectivity index is 2.27. The lowest BCUT2D eigenvalue weighted by Crippen LogP contribution is -2.18. The minimum Gasteiger partial charge on any atom is -0.497 e. The van der Waals surface area contributed by atoms with Crippen LogP contribution in [0.2, 0.25) is 0 Å². The summed E-state index contributed by atoms with van der Waals surface area (Å²) < 4.78 is 11.3. The number of rotatable bonds is 5. The Morgan fingerprint density at radius 2 is 1.80 bits per heavy atom. The maximum atomic E-state index is 11.4. The van der Waals surface area contributed by atoms with E-state index in [9.17, 15) is 9.90 Å². The van der Waals surface area contributed by atoms with E-state index in [1.807, 2.05) is 6.07 Å². The van der Waals surface area contributed by atoms with Crippen molar-refractivity contribution in [1.82, 2.24) is 0 Å². The summed E-state index contributed by atoms with van der Waals surface area (Å²) in [5.74, 6) is 0.0976. The number of methoxy groups -OCH3 is 1. The second-order valence-electron chi connectivity index (χ2n) is 4.04. The van der Waals surface area contributed by atoms with Crippen molar-refractivity contribution in [1.29, 1.82) is 0 Å². The predicted molar refractivity (Wildman–Crippen MR) is 78.1 cm³/mol. The van der Waals surface area contributed by atoms with Crippen molar-refractivity contribution in [3.8, 4) is 11.5 Å². The van der Waals surface area contributed by atoms with Gasteiger partial charge < -0.3 is 14.6 Å². The third-order valence-corrected chi connectivity index (χ3v) is 3.38. The van der Waals surface area contributed by atoms with Crippen molar-refractivity contribution in [2.45, 2.75) is 6.10 Å². The number of carbonyl (C=O) groups is 1. The number of hydrogen-bond donors (Lipinski definition) is 1. The van der Waals surface area contributed by atoms with Gasteiger partial charge in [0.1, 0.15) is 11.5 Å². The summed E-state index contributed by atoms with van der Waals surface area (Å²) in [6.45, 7) is 0. The average Bonchev–Trinajstić information content (AvgIpc) is 2.46. The van der Waals surface area contributed by atoms with Crippen molar-refractivity contribution in [3.63, 3.8) is 0 Å². The summed E-state index contributed by atoms with van der Waals surface area (Å²) in [6, 6.07) is 13.9. The van der Waals surface area contributed by atoms with Crippen LogP contribution in [0.1, 0.15) is 11.7 Å². The third-order valence-electron chi connectivity index (χ3n) is 2.72. The predicted octanol–water partition coefficient (Wildman–Crippen LogP) is 3.66. The molecule has 2 aromatic rings. The van der Waals surface area contributed by atoms with Gasteiger partial charge in [0.2, 0.25) is 6.10 Å². The lowest BCUT2D eigenvalue weighted by Gasteiger charge is -2.16. The van der Waals surface area contributed by atoms with Gasteiger partial charge in [0.05, 0.1) is 11.6 Å². The van der Waals surface area contributed by atoms with Crippen LogP contribution in [0.15, 0.2) is 53.0 Å². The summed E-state index contributed by atoms with van der Waals surface area (Å²) in [5, 5.41) is 9.33. The molecule has 0 amide bonds. The first-order valence-corrected chi connectivity index (χ1v) is 6.69. The molecular weight excluding hydrogens is 324 g/mol. The minimum absolute atomic E-state index is 0.482. The van der Waals surface area contributed by atoms with Gasteiger partial charge in [0.15, 0.2) is 0 Å². The van der Waals surface area contributed by atoms with Crippen molar-refractivity contribution < 1.29 is 19.4 Å². The molecule has 0 heterocycles. The number of carboxylic acid groups (broad SMARTS) is 1. The molecule has 0 aliphatic heterocycles. The van der Waals surface area contributed by atoms with E-state index < -0.39 is 12.1 Å². The summed E-state index contributed by atoms with van der Waals surface area (Å²) >= 11 is 3.33. The quantitative estimate of drug-likeness (QED) is 0.905. The van der Waals surface area contributed by atoms with Crippen LogP contribution >= 0.6 is 15.9 Å². The molecular formula is C15H13BrO4. The van der Waals surface area contributed by atoms with E-state index in [1.54, 1.807) is 49.6 Å². The molecule has 4 nitrogen and oxygen atoms in total. The van der Waals surface area contributed by atoms with E-state index in [0.717, 1.165) is 0 Å². The first-order valence-electron chi connectivity index (χ1n) is 5.89. The Hall–Kier alpha value is -2.01. The highest BCUT2D eigenvalue weighted by Crippen LogP contribution is 2.29. The zero-order valence-corrected chi connectivity index (χ0v) is 12.3. The van der Waals surface area contributed by atoms with Gasteiger partial charge in [-0.2, -0.15) is 0 Å². The molecule has 0 aliphatic carbocycles. The van der Waals surface area contributed by atoms with Gasteiger partial charge in [-0.05, 0) is 40.2 Å². The fourth-order valence-corrected chi connectivity index (χ4v) is 2.09. The van der Waals surface area contributed by atoms with Gasteiger partial charge in [-0.25, -0.2) is 4.79 Å². The van der Waals surface area contributed by atoms with Gasteiger partial charge in [0, 0.05) is 5.56 Å². The smallest absolute Gasteiger partial charge is 0.349 e. The summed E-state index contributed by atoms with van der Waals surface area (Å²) in [7, 11) is 1.56. The molecule has 0 bridgehead atoms. The Kier molecular flexibility index (Phi) is 4.63. The van der Waals surface area contributed by atoms with Crippen LogP contribution in [0.3, 0.4) is 0 Å². The lowest BCUT2D eigenvalue weighted by atomic mass is 10.1.